The fraction of sp³-hybridized carbons (Fsp3) is 0.571. The molecule has 0 N–H and O–H groups in total. The van der Waals surface area contributed by atoms with Gasteiger partial charge in [0.2, 0.25) is 0 Å². The lowest BCUT2D eigenvalue weighted by atomic mass is 9.72. The third kappa shape index (κ3) is 3.14. The van der Waals surface area contributed by atoms with E-state index in [9.17, 15) is 4.39 Å². The van der Waals surface area contributed by atoms with E-state index in [0.717, 1.165) is 24.8 Å². The van der Waals surface area contributed by atoms with Crippen molar-refractivity contribution in [2.24, 2.45) is 5.41 Å². The Hall–Kier alpha value is -0.270. The Kier molecular flexibility index (Phi) is 4.32. The molecule has 0 aliphatic heterocycles. The maximum atomic E-state index is 13.2. The third-order valence-corrected chi connectivity index (χ3v) is 4.71. The molecule has 0 spiro atoms. The number of hydrogen-bond donors (Lipinski definition) is 0. The van der Waals surface area contributed by atoms with E-state index in [1.54, 1.807) is 12.1 Å². The summed E-state index contributed by atoms with van der Waals surface area (Å²) in [6.07, 6.45) is 6.79. The molecule has 0 amide bonds. The van der Waals surface area contributed by atoms with Crippen molar-refractivity contribution in [1.29, 1.82) is 0 Å². The molecule has 0 atom stereocenters. The smallest absolute Gasteiger partial charge is 0.123 e. The predicted octanol–water partition coefficient (Wildman–Crippen LogP) is 5.21. The predicted molar refractivity (Wildman–Crippen MR) is 71.4 cm³/mol. The lowest BCUT2D eigenvalue weighted by molar-refractivity contribution is 0.219. The Morgan fingerprint density at radius 2 is 1.88 bits per heavy atom. The van der Waals surface area contributed by atoms with Crippen molar-refractivity contribution >= 4 is 23.2 Å². The molecule has 0 nitrogen and oxygen atoms in total. The van der Waals surface area contributed by atoms with E-state index in [4.69, 9.17) is 23.2 Å². The first kappa shape index (κ1) is 13.2. The van der Waals surface area contributed by atoms with E-state index in [2.05, 4.69) is 0 Å². The molecule has 0 radical (unpaired) electrons. The van der Waals surface area contributed by atoms with Crippen LogP contribution in [0.2, 0.25) is 5.02 Å². The largest absolute Gasteiger partial charge is 0.207 e. The normalized spacial score (nSPS) is 19.2. The highest BCUT2D eigenvalue weighted by Gasteiger charge is 2.32. The Labute approximate surface area is 112 Å². The molecule has 1 fully saturated rings. The minimum atomic E-state index is -0.218. The molecule has 2 rings (SSSR count). The lowest BCUT2D eigenvalue weighted by Crippen LogP contribution is -2.28. The quantitative estimate of drug-likeness (QED) is 0.664. The van der Waals surface area contributed by atoms with E-state index in [1.807, 2.05) is 0 Å². The van der Waals surface area contributed by atoms with Crippen LogP contribution in [0.25, 0.3) is 0 Å². The van der Waals surface area contributed by atoms with Gasteiger partial charge in [0, 0.05) is 10.9 Å². The molecule has 1 saturated carbocycles. The topological polar surface area (TPSA) is 0 Å². The molecule has 3 heteroatoms. The number of hydrogen-bond acceptors (Lipinski definition) is 0. The average Bonchev–Trinajstić information content (AvgIpc) is 2.35. The molecular weight excluding hydrogens is 258 g/mol. The van der Waals surface area contributed by atoms with Crippen LogP contribution in [0.5, 0.6) is 0 Å². The summed E-state index contributed by atoms with van der Waals surface area (Å²) in [6, 6.07) is 4.59. The molecule has 0 unspecified atom stereocenters. The Bertz CT molecular complexity index is 384. The summed E-state index contributed by atoms with van der Waals surface area (Å²) in [6.45, 7) is 0. The van der Waals surface area contributed by atoms with Gasteiger partial charge in [0.15, 0.2) is 0 Å². The van der Waals surface area contributed by atoms with E-state index in [-0.39, 0.29) is 11.2 Å². The molecule has 1 aromatic carbocycles. The van der Waals surface area contributed by atoms with Gasteiger partial charge in [-0.05, 0) is 48.4 Å². The van der Waals surface area contributed by atoms with Crippen LogP contribution in [0.3, 0.4) is 0 Å². The number of rotatable bonds is 3. The molecule has 1 aliphatic carbocycles. The maximum absolute atomic E-state index is 13.2. The average molecular weight is 275 g/mol. The zero-order valence-corrected chi connectivity index (χ0v) is 11.3. The van der Waals surface area contributed by atoms with E-state index in [0.29, 0.717) is 10.9 Å². The summed E-state index contributed by atoms with van der Waals surface area (Å²) in [5.41, 5.74) is 1.02. The number of benzene rings is 1. The Balaban J connectivity index is 2.20. The first-order valence-corrected chi connectivity index (χ1v) is 7.06. The van der Waals surface area contributed by atoms with Crippen LogP contribution in [0, 0.1) is 11.2 Å². The van der Waals surface area contributed by atoms with Gasteiger partial charge in [-0.1, -0.05) is 30.9 Å². The third-order valence-electron chi connectivity index (χ3n) is 3.77. The van der Waals surface area contributed by atoms with Crippen LogP contribution in [0.4, 0.5) is 4.39 Å². The van der Waals surface area contributed by atoms with Crippen LogP contribution < -0.4 is 0 Å². The summed E-state index contributed by atoms with van der Waals surface area (Å²) in [7, 11) is 0. The maximum Gasteiger partial charge on any atom is 0.123 e. The Morgan fingerprint density at radius 3 is 2.53 bits per heavy atom. The van der Waals surface area contributed by atoms with Crippen LogP contribution in [0.1, 0.15) is 37.7 Å². The van der Waals surface area contributed by atoms with Crippen molar-refractivity contribution in [2.75, 3.05) is 5.88 Å². The fourth-order valence-corrected chi connectivity index (χ4v) is 3.29. The highest BCUT2D eigenvalue weighted by atomic mass is 35.5. The van der Waals surface area contributed by atoms with Crippen LogP contribution in [0.15, 0.2) is 18.2 Å². The van der Waals surface area contributed by atoms with Crippen molar-refractivity contribution < 1.29 is 4.39 Å². The van der Waals surface area contributed by atoms with Crippen LogP contribution >= 0.6 is 23.2 Å². The monoisotopic (exact) mass is 274 g/mol. The van der Waals surface area contributed by atoms with E-state index >= 15 is 0 Å². The summed E-state index contributed by atoms with van der Waals surface area (Å²) in [5, 5.41) is 0.654. The lowest BCUT2D eigenvalue weighted by Gasteiger charge is -2.36. The number of alkyl halides is 1. The molecule has 94 valence electrons. The minimum Gasteiger partial charge on any atom is -0.207 e. The van der Waals surface area contributed by atoms with Gasteiger partial charge >= 0.3 is 0 Å². The van der Waals surface area contributed by atoms with Gasteiger partial charge < -0.3 is 0 Å². The zero-order valence-electron chi connectivity index (χ0n) is 9.82. The summed E-state index contributed by atoms with van der Waals surface area (Å²) in [4.78, 5) is 0. The molecule has 1 aromatic rings. The van der Waals surface area contributed by atoms with Gasteiger partial charge in [0.1, 0.15) is 5.82 Å². The van der Waals surface area contributed by atoms with E-state index in [1.165, 1.54) is 25.3 Å². The molecule has 0 heterocycles. The van der Waals surface area contributed by atoms with Gasteiger partial charge in [-0.15, -0.1) is 11.6 Å². The van der Waals surface area contributed by atoms with Gasteiger partial charge in [0.25, 0.3) is 0 Å². The van der Waals surface area contributed by atoms with Crippen molar-refractivity contribution in [3.63, 3.8) is 0 Å². The van der Waals surface area contributed by atoms with Crippen molar-refractivity contribution in [3.8, 4) is 0 Å². The van der Waals surface area contributed by atoms with Crippen molar-refractivity contribution in [1.82, 2.24) is 0 Å². The molecular formula is C14H17Cl2F. The second-order valence-corrected chi connectivity index (χ2v) is 5.78. The standard InChI is InChI=1S/C14H17Cl2F/c15-10-14(6-2-1-3-7-14)9-11-8-12(17)4-5-13(11)16/h4-5,8H,1-3,6-7,9-10H2. The second kappa shape index (κ2) is 5.58. The minimum absolute atomic E-state index is 0.122. The van der Waals surface area contributed by atoms with Gasteiger partial charge in [-0.3, -0.25) is 0 Å². The van der Waals surface area contributed by atoms with Crippen molar-refractivity contribution in [3.05, 3.63) is 34.6 Å². The van der Waals surface area contributed by atoms with Crippen LogP contribution in [-0.2, 0) is 6.42 Å². The first-order chi connectivity index (χ1) is 8.15. The second-order valence-electron chi connectivity index (χ2n) is 5.11. The SMILES string of the molecule is Fc1ccc(Cl)c(CC2(CCl)CCCCC2)c1. The fourth-order valence-electron chi connectivity index (χ4n) is 2.74. The summed E-state index contributed by atoms with van der Waals surface area (Å²) < 4.78 is 13.2. The highest BCUT2D eigenvalue weighted by Crippen LogP contribution is 2.41. The van der Waals surface area contributed by atoms with E-state index < -0.39 is 0 Å². The van der Waals surface area contributed by atoms with Crippen molar-refractivity contribution in [2.45, 2.75) is 38.5 Å². The number of halogens is 3. The Morgan fingerprint density at radius 1 is 1.18 bits per heavy atom. The van der Waals surface area contributed by atoms with Gasteiger partial charge in [-0.2, -0.15) is 0 Å². The molecule has 1 aliphatic rings. The zero-order chi connectivity index (χ0) is 12.3. The molecule has 0 bridgehead atoms. The molecule has 0 saturated heterocycles. The summed E-state index contributed by atoms with van der Waals surface area (Å²) >= 11 is 12.3. The van der Waals surface area contributed by atoms with Gasteiger partial charge in [-0.25, -0.2) is 4.39 Å². The highest BCUT2D eigenvalue weighted by molar-refractivity contribution is 6.31. The molecule has 17 heavy (non-hydrogen) atoms. The van der Waals surface area contributed by atoms with Crippen LogP contribution in [-0.4, -0.2) is 5.88 Å². The summed E-state index contributed by atoms with van der Waals surface area (Å²) in [5.74, 6) is 0.421. The first-order valence-electron chi connectivity index (χ1n) is 6.15. The van der Waals surface area contributed by atoms with Gasteiger partial charge in [0.05, 0.1) is 0 Å². The molecule has 0 aromatic heterocycles.